The van der Waals surface area contributed by atoms with E-state index >= 15 is 0 Å². The number of nitrogens with one attached hydrogen (secondary N) is 1. The fourth-order valence-corrected chi connectivity index (χ4v) is 2.11. The van der Waals surface area contributed by atoms with E-state index in [9.17, 15) is 0 Å². The Balaban J connectivity index is 2.02. The van der Waals surface area contributed by atoms with Gasteiger partial charge in [-0.25, -0.2) is 0 Å². The van der Waals surface area contributed by atoms with Gasteiger partial charge in [-0.1, -0.05) is 42.0 Å². The second-order valence-corrected chi connectivity index (χ2v) is 4.27. The number of H-pyrrole nitrogens is 1. The van der Waals surface area contributed by atoms with Crippen LogP contribution in [-0.2, 0) is 6.42 Å². The molecule has 2 aromatic carbocycles. The van der Waals surface area contributed by atoms with E-state index in [0.29, 0.717) is 0 Å². The van der Waals surface area contributed by atoms with Crippen LogP contribution >= 0.6 is 0 Å². The average molecular weight is 223 g/mol. The minimum absolute atomic E-state index is 0.894. The van der Waals surface area contributed by atoms with Gasteiger partial charge in [-0.15, -0.1) is 0 Å². The van der Waals surface area contributed by atoms with Crippen molar-refractivity contribution in [2.24, 2.45) is 0 Å². The molecule has 3 rings (SSSR count). The Labute approximate surface area is 99.5 Å². The zero-order chi connectivity index (χ0) is 11.7. The first-order valence-electron chi connectivity index (χ1n) is 5.67. The molecule has 0 radical (unpaired) electrons. The lowest BCUT2D eigenvalue weighted by molar-refractivity contribution is 0.957. The van der Waals surface area contributed by atoms with E-state index in [2.05, 4.69) is 52.7 Å². The summed E-state index contributed by atoms with van der Waals surface area (Å²) < 4.78 is 0. The molecular formula is C14H13N3. The van der Waals surface area contributed by atoms with E-state index in [0.717, 1.165) is 17.5 Å². The highest BCUT2D eigenvalue weighted by atomic mass is 15.3. The summed E-state index contributed by atoms with van der Waals surface area (Å²) in [4.78, 5) is 0. The Kier molecular flexibility index (Phi) is 2.37. The second-order valence-electron chi connectivity index (χ2n) is 4.27. The van der Waals surface area contributed by atoms with E-state index in [1.54, 1.807) is 0 Å². The number of para-hydroxylation sites is 1. The van der Waals surface area contributed by atoms with Gasteiger partial charge in [0.1, 0.15) is 11.0 Å². The van der Waals surface area contributed by atoms with Crippen LogP contribution in [0.25, 0.3) is 11.0 Å². The number of nitrogens with zero attached hydrogens (tertiary/aromatic N) is 2. The minimum Gasteiger partial charge on any atom is -0.197 e. The van der Waals surface area contributed by atoms with Crippen molar-refractivity contribution in [3.05, 3.63) is 59.2 Å². The van der Waals surface area contributed by atoms with Crippen LogP contribution in [0, 0.1) is 6.92 Å². The molecule has 0 spiro atoms. The van der Waals surface area contributed by atoms with Gasteiger partial charge in [-0.3, -0.25) is 0 Å². The molecule has 84 valence electrons. The molecule has 0 saturated carbocycles. The first kappa shape index (κ1) is 10.0. The van der Waals surface area contributed by atoms with Crippen molar-refractivity contribution >= 4 is 11.0 Å². The molecule has 3 nitrogen and oxygen atoms in total. The van der Waals surface area contributed by atoms with E-state index in [1.165, 1.54) is 16.7 Å². The predicted molar refractivity (Wildman–Crippen MR) is 67.9 cm³/mol. The Hall–Kier alpha value is -2.16. The zero-order valence-electron chi connectivity index (χ0n) is 9.64. The highest BCUT2D eigenvalue weighted by Gasteiger charge is 2.05. The molecule has 0 aliphatic heterocycles. The van der Waals surface area contributed by atoms with Crippen LogP contribution < -0.4 is 0 Å². The Morgan fingerprint density at radius 2 is 1.94 bits per heavy atom. The Morgan fingerprint density at radius 3 is 2.82 bits per heavy atom. The molecule has 3 aromatic rings. The first-order valence-corrected chi connectivity index (χ1v) is 5.67. The average Bonchev–Trinajstić information content (AvgIpc) is 2.78. The fraction of sp³-hybridized carbons (Fsp3) is 0.143. The summed E-state index contributed by atoms with van der Waals surface area (Å²) in [5, 5.41) is 11.0. The lowest BCUT2D eigenvalue weighted by Crippen LogP contribution is -1.90. The van der Waals surface area contributed by atoms with Crippen molar-refractivity contribution in [1.29, 1.82) is 0 Å². The molecular weight excluding hydrogens is 210 g/mol. The van der Waals surface area contributed by atoms with Gasteiger partial charge in [0.2, 0.25) is 0 Å². The number of aromatic amines is 1. The third-order valence-corrected chi connectivity index (χ3v) is 2.91. The van der Waals surface area contributed by atoms with Gasteiger partial charge in [0, 0.05) is 0 Å². The molecule has 0 saturated heterocycles. The molecule has 0 bridgehead atoms. The van der Waals surface area contributed by atoms with Gasteiger partial charge in [0.15, 0.2) is 0 Å². The predicted octanol–water partition coefficient (Wildman–Crippen LogP) is 2.86. The molecule has 0 unspecified atom stereocenters. The molecule has 0 atom stereocenters. The molecule has 0 amide bonds. The molecule has 3 heteroatoms. The van der Waals surface area contributed by atoms with E-state index in [4.69, 9.17) is 0 Å². The molecule has 0 aliphatic rings. The Bertz CT molecular complexity index is 655. The maximum absolute atomic E-state index is 4.20. The lowest BCUT2D eigenvalue weighted by Gasteiger charge is -2.03. The van der Waals surface area contributed by atoms with Crippen LogP contribution in [0.15, 0.2) is 42.5 Å². The topological polar surface area (TPSA) is 41.6 Å². The number of aromatic nitrogens is 3. The summed E-state index contributed by atoms with van der Waals surface area (Å²) in [6, 6.07) is 14.7. The Morgan fingerprint density at radius 1 is 1.06 bits per heavy atom. The van der Waals surface area contributed by atoms with Crippen molar-refractivity contribution in [3.8, 4) is 0 Å². The largest absolute Gasteiger partial charge is 0.197 e. The molecule has 0 fully saturated rings. The highest BCUT2D eigenvalue weighted by molar-refractivity contribution is 5.77. The van der Waals surface area contributed by atoms with E-state index in [-0.39, 0.29) is 0 Å². The number of fused-ring (bicyclic) bond motifs is 1. The van der Waals surface area contributed by atoms with E-state index in [1.807, 2.05) is 12.1 Å². The van der Waals surface area contributed by atoms with Gasteiger partial charge in [0.05, 0.1) is 0 Å². The van der Waals surface area contributed by atoms with Gasteiger partial charge < -0.3 is 0 Å². The van der Waals surface area contributed by atoms with E-state index < -0.39 is 0 Å². The lowest BCUT2D eigenvalue weighted by atomic mass is 10.0. The van der Waals surface area contributed by atoms with Crippen molar-refractivity contribution in [1.82, 2.24) is 15.4 Å². The van der Waals surface area contributed by atoms with Crippen LogP contribution in [0.1, 0.15) is 16.7 Å². The molecule has 1 N–H and O–H groups in total. The maximum Gasteiger partial charge on any atom is 0.116 e. The summed E-state index contributed by atoms with van der Waals surface area (Å²) in [6.45, 7) is 2.11. The van der Waals surface area contributed by atoms with Gasteiger partial charge in [0.25, 0.3) is 0 Å². The van der Waals surface area contributed by atoms with Crippen LogP contribution in [0.4, 0.5) is 0 Å². The number of hydrogen-bond acceptors (Lipinski definition) is 2. The number of aryl methyl sites for hydroxylation is 1. The van der Waals surface area contributed by atoms with Crippen LogP contribution in [0.5, 0.6) is 0 Å². The summed E-state index contributed by atoms with van der Waals surface area (Å²) >= 11 is 0. The third-order valence-electron chi connectivity index (χ3n) is 2.91. The maximum atomic E-state index is 4.20. The zero-order valence-corrected chi connectivity index (χ0v) is 9.64. The van der Waals surface area contributed by atoms with Crippen LogP contribution in [0.3, 0.4) is 0 Å². The van der Waals surface area contributed by atoms with Crippen LogP contribution in [-0.4, -0.2) is 15.4 Å². The summed E-state index contributed by atoms with van der Waals surface area (Å²) in [7, 11) is 0. The standard InChI is InChI=1S/C14H13N3/c1-10-4-2-5-11(8-10)9-12-6-3-7-13-14(12)16-17-15-13/h2-8H,9H2,1H3,(H,15,16,17). The van der Waals surface area contributed by atoms with Gasteiger partial charge >= 0.3 is 0 Å². The van der Waals surface area contributed by atoms with Crippen molar-refractivity contribution in [2.75, 3.05) is 0 Å². The third kappa shape index (κ3) is 1.91. The summed E-state index contributed by atoms with van der Waals surface area (Å²) in [6.07, 6.45) is 0.894. The summed E-state index contributed by atoms with van der Waals surface area (Å²) in [5.74, 6) is 0. The minimum atomic E-state index is 0.894. The SMILES string of the molecule is Cc1cccc(Cc2cccc3n[nH]nc23)c1. The monoisotopic (exact) mass is 223 g/mol. The molecule has 0 aliphatic carbocycles. The smallest absolute Gasteiger partial charge is 0.116 e. The first-order chi connectivity index (χ1) is 8.33. The fourth-order valence-electron chi connectivity index (χ4n) is 2.11. The quantitative estimate of drug-likeness (QED) is 0.725. The van der Waals surface area contributed by atoms with Gasteiger partial charge in [-0.2, -0.15) is 15.4 Å². The number of rotatable bonds is 2. The highest BCUT2D eigenvalue weighted by Crippen LogP contribution is 2.18. The number of hydrogen-bond donors (Lipinski definition) is 1. The molecule has 1 aromatic heterocycles. The normalized spacial score (nSPS) is 10.9. The second kappa shape index (κ2) is 4.01. The molecule has 17 heavy (non-hydrogen) atoms. The van der Waals surface area contributed by atoms with Crippen molar-refractivity contribution < 1.29 is 0 Å². The van der Waals surface area contributed by atoms with Gasteiger partial charge in [-0.05, 0) is 30.5 Å². The number of benzene rings is 2. The van der Waals surface area contributed by atoms with Crippen molar-refractivity contribution in [2.45, 2.75) is 13.3 Å². The van der Waals surface area contributed by atoms with Crippen LogP contribution in [0.2, 0.25) is 0 Å². The van der Waals surface area contributed by atoms with Crippen molar-refractivity contribution in [3.63, 3.8) is 0 Å². The summed E-state index contributed by atoms with van der Waals surface area (Å²) in [5.41, 5.74) is 5.70. The molecule has 1 heterocycles.